The minimum Gasteiger partial charge on any atom is -0.387 e. The molecule has 1 atom stereocenters. The maximum absolute atomic E-state index is 10.4. The van der Waals surface area contributed by atoms with Crippen LogP contribution in [-0.2, 0) is 6.54 Å². The number of β-amino-alcohol motifs (C(OH)–C–C–N with tert-alkyl or cyclic N) is 1. The van der Waals surface area contributed by atoms with Crippen LogP contribution in [0.1, 0.15) is 11.4 Å². The number of aliphatic hydroxyl groups is 1. The summed E-state index contributed by atoms with van der Waals surface area (Å²) in [5, 5.41) is 16.8. The van der Waals surface area contributed by atoms with Crippen molar-refractivity contribution < 1.29 is 5.11 Å². The predicted molar refractivity (Wildman–Crippen MR) is 86.3 cm³/mol. The summed E-state index contributed by atoms with van der Waals surface area (Å²) < 4.78 is 0. The number of aromatic nitrogens is 1. The molecular weight excluding hydrogens is 282 g/mol. The Morgan fingerprint density at radius 1 is 1.38 bits per heavy atom. The van der Waals surface area contributed by atoms with Crippen molar-refractivity contribution in [2.45, 2.75) is 18.6 Å². The summed E-state index contributed by atoms with van der Waals surface area (Å²) in [6.07, 6.45) is 0.824. The van der Waals surface area contributed by atoms with Crippen LogP contribution in [0.4, 0.5) is 0 Å². The first-order chi connectivity index (χ1) is 10.1. The molecular formula is C16H21N3OS. The molecule has 1 fully saturated rings. The van der Waals surface area contributed by atoms with Gasteiger partial charge in [-0.15, -0.1) is 11.3 Å². The second kappa shape index (κ2) is 6.23. The highest BCUT2D eigenvalue weighted by atomic mass is 32.1. The predicted octanol–water partition coefficient (Wildman–Crippen LogP) is 1.97. The van der Waals surface area contributed by atoms with Crippen LogP contribution in [0, 0.1) is 0 Å². The lowest BCUT2D eigenvalue weighted by molar-refractivity contribution is 0.0264. The van der Waals surface area contributed by atoms with Crippen molar-refractivity contribution in [1.82, 2.24) is 15.2 Å². The van der Waals surface area contributed by atoms with Gasteiger partial charge in [-0.3, -0.25) is 4.90 Å². The molecule has 21 heavy (non-hydrogen) atoms. The van der Waals surface area contributed by atoms with Gasteiger partial charge in [0.15, 0.2) is 0 Å². The molecule has 0 amide bonds. The fourth-order valence-electron chi connectivity index (χ4n) is 2.78. The number of benzene rings is 1. The van der Waals surface area contributed by atoms with Crippen LogP contribution in [0.2, 0.25) is 0 Å². The molecule has 1 aromatic heterocycles. The van der Waals surface area contributed by atoms with Gasteiger partial charge in [-0.25, -0.2) is 4.98 Å². The Kier molecular flexibility index (Phi) is 4.35. The average Bonchev–Trinajstić information content (AvgIpc) is 3.09. The molecule has 112 valence electrons. The van der Waals surface area contributed by atoms with Crippen LogP contribution in [0.5, 0.6) is 0 Å². The Bertz CT molecular complexity index is 578. The number of nitrogens with zero attached hydrogens (tertiary/aromatic N) is 2. The molecule has 1 aromatic carbocycles. The van der Waals surface area contributed by atoms with E-state index in [0.29, 0.717) is 13.1 Å². The summed E-state index contributed by atoms with van der Waals surface area (Å²) in [6, 6.07) is 10.2. The Labute approximate surface area is 129 Å². The standard InChI is InChI=1S/C16H21N3OS/c1-19(12-16(20)7-8-17-11-16)9-15-18-14(10-21-15)13-5-3-2-4-6-13/h2-6,10,17,20H,7-9,11-12H2,1H3/t16-/m1/s1. The molecule has 0 unspecified atom stereocenters. The SMILES string of the molecule is CN(Cc1nc(-c2ccccc2)cs1)C[C@@]1(O)CCNC1. The second-order valence-electron chi connectivity index (χ2n) is 5.82. The summed E-state index contributed by atoms with van der Waals surface area (Å²) in [4.78, 5) is 6.85. The van der Waals surface area contributed by atoms with Crippen LogP contribution in [0.3, 0.4) is 0 Å². The molecule has 0 radical (unpaired) electrons. The van der Waals surface area contributed by atoms with E-state index in [-0.39, 0.29) is 0 Å². The molecule has 2 heterocycles. The minimum atomic E-state index is -0.589. The largest absolute Gasteiger partial charge is 0.387 e. The van der Waals surface area contributed by atoms with E-state index < -0.39 is 5.60 Å². The Balaban J connectivity index is 1.62. The first-order valence-corrected chi connectivity index (χ1v) is 8.14. The third kappa shape index (κ3) is 3.68. The second-order valence-corrected chi connectivity index (χ2v) is 6.76. The van der Waals surface area contributed by atoms with Gasteiger partial charge in [0, 0.05) is 24.0 Å². The van der Waals surface area contributed by atoms with E-state index in [1.807, 2.05) is 25.2 Å². The summed E-state index contributed by atoms with van der Waals surface area (Å²) >= 11 is 1.68. The van der Waals surface area contributed by atoms with Crippen LogP contribution in [0.25, 0.3) is 11.3 Å². The molecule has 1 aliphatic rings. The van der Waals surface area contributed by atoms with Gasteiger partial charge < -0.3 is 10.4 Å². The van der Waals surface area contributed by atoms with Gasteiger partial charge in [0.05, 0.1) is 17.8 Å². The van der Waals surface area contributed by atoms with Crippen molar-refractivity contribution in [2.75, 3.05) is 26.7 Å². The van der Waals surface area contributed by atoms with Crippen LogP contribution in [0.15, 0.2) is 35.7 Å². The first kappa shape index (κ1) is 14.7. The van der Waals surface area contributed by atoms with E-state index in [4.69, 9.17) is 4.98 Å². The molecule has 0 saturated carbocycles. The zero-order valence-corrected chi connectivity index (χ0v) is 13.1. The van der Waals surface area contributed by atoms with E-state index in [1.54, 1.807) is 11.3 Å². The maximum atomic E-state index is 10.4. The lowest BCUT2D eigenvalue weighted by Crippen LogP contribution is -2.42. The number of hydrogen-bond donors (Lipinski definition) is 2. The highest BCUT2D eigenvalue weighted by molar-refractivity contribution is 7.09. The average molecular weight is 303 g/mol. The summed E-state index contributed by atoms with van der Waals surface area (Å²) in [6.45, 7) is 3.05. The Hall–Kier alpha value is -1.27. The lowest BCUT2D eigenvalue weighted by Gasteiger charge is -2.27. The molecule has 0 aliphatic carbocycles. The summed E-state index contributed by atoms with van der Waals surface area (Å²) in [7, 11) is 2.04. The summed E-state index contributed by atoms with van der Waals surface area (Å²) in [5.74, 6) is 0. The number of rotatable bonds is 5. The maximum Gasteiger partial charge on any atom is 0.107 e. The molecule has 1 saturated heterocycles. The third-order valence-electron chi connectivity index (χ3n) is 3.81. The minimum absolute atomic E-state index is 0.589. The Morgan fingerprint density at radius 3 is 2.90 bits per heavy atom. The smallest absolute Gasteiger partial charge is 0.107 e. The molecule has 3 rings (SSSR count). The van der Waals surface area contributed by atoms with Crippen molar-refractivity contribution in [1.29, 1.82) is 0 Å². The first-order valence-electron chi connectivity index (χ1n) is 7.26. The van der Waals surface area contributed by atoms with Gasteiger partial charge in [0.2, 0.25) is 0 Å². The molecule has 2 aromatic rings. The van der Waals surface area contributed by atoms with E-state index in [9.17, 15) is 5.11 Å². The molecule has 0 spiro atoms. The topological polar surface area (TPSA) is 48.4 Å². The van der Waals surface area contributed by atoms with Gasteiger partial charge in [-0.05, 0) is 20.0 Å². The molecule has 4 nitrogen and oxygen atoms in total. The number of hydrogen-bond acceptors (Lipinski definition) is 5. The van der Waals surface area contributed by atoms with Crippen LogP contribution >= 0.6 is 11.3 Å². The van der Waals surface area contributed by atoms with Crippen molar-refractivity contribution >= 4 is 11.3 Å². The van der Waals surface area contributed by atoms with Gasteiger partial charge >= 0.3 is 0 Å². The molecule has 1 aliphatic heterocycles. The van der Waals surface area contributed by atoms with Crippen molar-refractivity contribution in [2.24, 2.45) is 0 Å². The third-order valence-corrected chi connectivity index (χ3v) is 4.65. The Morgan fingerprint density at radius 2 is 2.19 bits per heavy atom. The lowest BCUT2D eigenvalue weighted by atomic mass is 10.0. The van der Waals surface area contributed by atoms with Crippen molar-refractivity contribution in [3.05, 3.63) is 40.7 Å². The van der Waals surface area contributed by atoms with Gasteiger partial charge in [0.1, 0.15) is 5.01 Å². The molecule has 0 bridgehead atoms. The normalized spacial score (nSPS) is 22.0. The van der Waals surface area contributed by atoms with Gasteiger partial charge in [0.25, 0.3) is 0 Å². The van der Waals surface area contributed by atoms with Crippen LogP contribution in [-0.4, -0.2) is 47.3 Å². The highest BCUT2D eigenvalue weighted by Crippen LogP contribution is 2.23. The fraction of sp³-hybridized carbons (Fsp3) is 0.438. The summed E-state index contributed by atoms with van der Waals surface area (Å²) in [5.41, 5.74) is 1.60. The van der Waals surface area contributed by atoms with Crippen molar-refractivity contribution in [3.8, 4) is 11.3 Å². The molecule has 2 N–H and O–H groups in total. The van der Waals surface area contributed by atoms with Gasteiger partial charge in [-0.1, -0.05) is 30.3 Å². The quantitative estimate of drug-likeness (QED) is 0.886. The van der Waals surface area contributed by atoms with E-state index in [0.717, 1.165) is 35.8 Å². The molecule has 5 heteroatoms. The number of thiazole rings is 1. The van der Waals surface area contributed by atoms with Gasteiger partial charge in [-0.2, -0.15) is 0 Å². The zero-order chi connectivity index (χ0) is 14.7. The van der Waals surface area contributed by atoms with Crippen molar-refractivity contribution in [3.63, 3.8) is 0 Å². The van der Waals surface area contributed by atoms with Crippen LogP contribution < -0.4 is 5.32 Å². The zero-order valence-electron chi connectivity index (χ0n) is 12.2. The van der Waals surface area contributed by atoms with E-state index in [2.05, 4.69) is 27.7 Å². The fourth-order valence-corrected chi connectivity index (χ4v) is 3.66. The van der Waals surface area contributed by atoms with E-state index >= 15 is 0 Å². The van der Waals surface area contributed by atoms with E-state index in [1.165, 1.54) is 0 Å². The number of likely N-dealkylation sites (N-methyl/N-ethyl adjacent to an activating group) is 1. The monoisotopic (exact) mass is 303 g/mol. The number of nitrogens with one attached hydrogen (secondary N) is 1. The highest BCUT2D eigenvalue weighted by Gasteiger charge is 2.32.